The van der Waals surface area contributed by atoms with Crippen LogP contribution < -0.4 is 0 Å². The van der Waals surface area contributed by atoms with Gasteiger partial charge in [-0.1, -0.05) is 13.8 Å². The molecule has 0 aliphatic carbocycles. The lowest BCUT2D eigenvalue weighted by molar-refractivity contribution is -0.150. The number of carboxylic acids is 2. The standard InChI is InChI=1S/C14H28N2O8/c1-3-15(9(13(21)22)7-11(17)18)5-6-16(4-2)10(14(23)24)8-12(19)20/h9-11,13,17-18,21-22H,3-8H2,1-2H3,(H,19,20)(H,23,24). The quantitative estimate of drug-likeness (QED) is 0.203. The van der Waals surface area contributed by atoms with Gasteiger partial charge in [-0.15, -0.1) is 0 Å². The average molecular weight is 352 g/mol. The molecule has 2 unspecified atom stereocenters. The molecule has 142 valence electrons. The molecule has 0 heterocycles. The lowest BCUT2D eigenvalue weighted by Gasteiger charge is -2.35. The molecule has 24 heavy (non-hydrogen) atoms. The van der Waals surface area contributed by atoms with Crippen molar-refractivity contribution in [3.05, 3.63) is 0 Å². The van der Waals surface area contributed by atoms with Crippen molar-refractivity contribution in [3.63, 3.8) is 0 Å². The van der Waals surface area contributed by atoms with E-state index in [1.165, 1.54) is 4.90 Å². The van der Waals surface area contributed by atoms with Gasteiger partial charge in [0, 0.05) is 19.5 Å². The summed E-state index contributed by atoms with van der Waals surface area (Å²) in [6.07, 6.45) is -4.34. The number of aliphatic hydroxyl groups is 4. The van der Waals surface area contributed by atoms with E-state index in [9.17, 15) is 24.9 Å². The SMILES string of the molecule is CCN(CCN(CC)C(CC(O)O)C(O)O)C(CC(=O)O)C(=O)O. The van der Waals surface area contributed by atoms with Crippen LogP contribution in [-0.2, 0) is 9.59 Å². The number of carbonyl (C=O) groups is 2. The van der Waals surface area contributed by atoms with Gasteiger partial charge in [-0.25, -0.2) is 0 Å². The normalized spacial score (nSPS) is 14.6. The first-order chi connectivity index (χ1) is 11.1. The molecule has 0 aliphatic heterocycles. The second kappa shape index (κ2) is 11.3. The second-order valence-corrected chi connectivity index (χ2v) is 5.41. The van der Waals surface area contributed by atoms with Gasteiger partial charge in [0.05, 0.1) is 12.5 Å². The number of hydrogen-bond acceptors (Lipinski definition) is 8. The third kappa shape index (κ3) is 7.99. The van der Waals surface area contributed by atoms with Gasteiger partial charge in [0.1, 0.15) is 6.04 Å². The van der Waals surface area contributed by atoms with Crippen molar-refractivity contribution < 1.29 is 40.2 Å². The van der Waals surface area contributed by atoms with E-state index in [1.54, 1.807) is 18.7 Å². The van der Waals surface area contributed by atoms with Gasteiger partial charge in [0.25, 0.3) is 0 Å². The summed E-state index contributed by atoms with van der Waals surface area (Å²) in [4.78, 5) is 25.1. The molecule has 6 N–H and O–H groups in total. The van der Waals surface area contributed by atoms with E-state index in [0.29, 0.717) is 13.1 Å². The number of carboxylic acid groups (broad SMARTS) is 2. The molecule has 0 spiro atoms. The minimum absolute atomic E-state index is 0.180. The summed E-state index contributed by atoms with van der Waals surface area (Å²) in [7, 11) is 0. The summed E-state index contributed by atoms with van der Waals surface area (Å²) < 4.78 is 0. The lowest BCUT2D eigenvalue weighted by Crippen LogP contribution is -2.50. The Morgan fingerprint density at radius 2 is 1.42 bits per heavy atom. The maximum Gasteiger partial charge on any atom is 0.321 e. The van der Waals surface area contributed by atoms with Crippen molar-refractivity contribution >= 4 is 11.9 Å². The van der Waals surface area contributed by atoms with Crippen LogP contribution in [0.2, 0.25) is 0 Å². The van der Waals surface area contributed by atoms with Gasteiger partial charge < -0.3 is 30.6 Å². The predicted molar refractivity (Wildman–Crippen MR) is 83.0 cm³/mol. The Hall–Kier alpha value is -1.30. The zero-order valence-electron chi connectivity index (χ0n) is 13.9. The highest BCUT2D eigenvalue weighted by molar-refractivity contribution is 5.80. The molecule has 2 atom stereocenters. The highest BCUT2D eigenvalue weighted by Crippen LogP contribution is 2.12. The van der Waals surface area contributed by atoms with Gasteiger partial charge in [-0.05, 0) is 13.1 Å². The number of aliphatic hydroxyl groups excluding tert-OH is 2. The Morgan fingerprint density at radius 3 is 1.75 bits per heavy atom. The van der Waals surface area contributed by atoms with E-state index >= 15 is 0 Å². The summed E-state index contributed by atoms with van der Waals surface area (Å²) in [5.74, 6) is -2.47. The number of likely N-dealkylation sites (N-methyl/N-ethyl adjacent to an activating group) is 2. The molecule has 0 saturated heterocycles. The van der Waals surface area contributed by atoms with Crippen LogP contribution in [0.1, 0.15) is 26.7 Å². The second-order valence-electron chi connectivity index (χ2n) is 5.41. The summed E-state index contributed by atoms with van der Waals surface area (Å²) in [6, 6.07) is -2.12. The Kier molecular flexibility index (Phi) is 10.7. The van der Waals surface area contributed by atoms with Gasteiger partial charge in [-0.2, -0.15) is 0 Å². The van der Waals surface area contributed by atoms with Crippen LogP contribution in [0.15, 0.2) is 0 Å². The molecule has 0 aromatic carbocycles. The van der Waals surface area contributed by atoms with Crippen molar-refractivity contribution in [3.8, 4) is 0 Å². The molecule has 10 nitrogen and oxygen atoms in total. The third-order valence-electron chi connectivity index (χ3n) is 3.85. The van der Waals surface area contributed by atoms with E-state index in [2.05, 4.69) is 0 Å². The van der Waals surface area contributed by atoms with Crippen LogP contribution in [0, 0.1) is 0 Å². The average Bonchev–Trinajstić information content (AvgIpc) is 2.47. The number of aliphatic carboxylic acids is 2. The summed E-state index contributed by atoms with van der Waals surface area (Å²) >= 11 is 0. The van der Waals surface area contributed by atoms with Crippen LogP contribution >= 0.6 is 0 Å². The molecule has 0 radical (unpaired) electrons. The molecule has 10 heteroatoms. The van der Waals surface area contributed by atoms with Gasteiger partial charge >= 0.3 is 11.9 Å². The molecule has 0 saturated carbocycles. The van der Waals surface area contributed by atoms with E-state index < -0.39 is 43.0 Å². The molecular weight excluding hydrogens is 324 g/mol. The van der Waals surface area contributed by atoms with Crippen LogP contribution in [0.25, 0.3) is 0 Å². The third-order valence-corrected chi connectivity index (χ3v) is 3.85. The van der Waals surface area contributed by atoms with Crippen LogP contribution in [0.5, 0.6) is 0 Å². The van der Waals surface area contributed by atoms with Gasteiger partial charge in [0.2, 0.25) is 0 Å². The van der Waals surface area contributed by atoms with E-state index in [-0.39, 0.29) is 19.5 Å². The number of hydrogen-bond donors (Lipinski definition) is 6. The maximum absolute atomic E-state index is 11.3. The van der Waals surface area contributed by atoms with Crippen molar-refractivity contribution in [2.75, 3.05) is 26.2 Å². The monoisotopic (exact) mass is 352 g/mol. The maximum atomic E-state index is 11.3. The van der Waals surface area contributed by atoms with Crippen molar-refractivity contribution in [2.24, 2.45) is 0 Å². The fourth-order valence-electron chi connectivity index (χ4n) is 2.56. The fraction of sp³-hybridized carbons (Fsp3) is 0.857. The smallest absolute Gasteiger partial charge is 0.321 e. The van der Waals surface area contributed by atoms with E-state index in [4.69, 9.17) is 15.3 Å². The largest absolute Gasteiger partial charge is 0.481 e. The molecule has 0 bridgehead atoms. The highest BCUT2D eigenvalue weighted by atomic mass is 16.5. The minimum Gasteiger partial charge on any atom is -0.481 e. The first-order valence-electron chi connectivity index (χ1n) is 7.78. The molecule has 0 aromatic rings. The highest BCUT2D eigenvalue weighted by Gasteiger charge is 2.30. The molecular formula is C14H28N2O8. The van der Waals surface area contributed by atoms with E-state index in [1.807, 2.05) is 0 Å². The molecule has 0 fully saturated rings. The van der Waals surface area contributed by atoms with Gasteiger partial charge in [0.15, 0.2) is 12.6 Å². The fourth-order valence-corrected chi connectivity index (χ4v) is 2.56. The molecule has 0 amide bonds. The van der Waals surface area contributed by atoms with Crippen LogP contribution in [-0.4, -0.2) is 103 Å². The predicted octanol–water partition coefficient (Wildman–Crippen LogP) is -2.06. The van der Waals surface area contributed by atoms with Crippen molar-refractivity contribution in [2.45, 2.75) is 51.4 Å². The molecule has 0 aromatic heterocycles. The zero-order chi connectivity index (χ0) is 18.9. The Balaban J connectivity index is 4.97. The molecule has 0 aliphatic rings. The Bertz CT molecular complexity index is 391. The van der Waals surface area contributed by atoms with Crippen LogP contribution in [0.4, 0.5) is 0 Å². The van der Waals surface area contributed by atoms with Crippen LogP contribution in [0.3, 0.4) is 0 Å². The topological polar surface area (TPSA) is 162 Å². The minimum atomic E-state index is -1.80. The van der Waals surface area contributed by atoms with Crippen molar-refractivity contribution in [1.82, 2.24) is 9.80 Å². The summed E-state index contributed by atoms with van der Waals surface area (Å²) in [5.41, 5.74) is 0. The summed E-state index contributed by atoms with van der Waals surface area (Å²) in [5, 5.41) is 55.0. The van der Waals surface area contributed by atoms with E-state index in [0.717, 1.165) is 0 Å². The number of rotatable bonds is 13. The lowest BCUT2D eigenvalue weighted by atomic mass is 10.1. The summed E-state index contributed by atoms with van der Waals surface area (Å²) in [6.45, 7) is 4.49. The first-order valence-corrected chi connectivity index (χ1v) is 7.78. The first kappa shape index (κ1) is 22.7. The molecule has 0 rings (SSSR count). The Labute approximate surface area is 140 Å². The van der Waals surface area contributed by atoms with Crippen molar-refractivity contribution in [1.29, 1.82) is 0 Å². The van der Waals surface area contributed by atoms with Gasteiger partial charge in [-0.3, -0.25) is 19.4 Å². The zero-order valence-corrected chi connectivity index (χ0v) is 13.9. The Morgan fingerprint density at radius 1 is 0.917 bits per heavy atom. The number of nitrogens with zero attached hydrogens (tertiary/aromatic N) is 2.